The lowest BCUT2D eigenvalue weighted by atomic mass is 9.93. The van der Waals surface area contributed by atoms with Gasteiger partial charge in [-0.25, -0.2) is 0 Å². The molecule has 0 atom stereocenters. The van der Waals surface area contributed by atoms with Gasteiger partial charge in [0, 0.05) is 32.8 Å². The van der Waals surface area contributed by atoms with Gasteiger partial charge in [0.15, 0.2) is 5.96 Å². The number of likely N-dealkylation sites (tertiary alicyclic amines) is 1. The van der Waals surface area contributed by atoms with Crippen LogP contribution < -0.4 is 5.32 Å². The average molecular weight is 346 g/mol. The highest BCUT2D eigenvalue weighted by Gasteiger charge is 2.30. The van der Waals surface area contributed by atoms with Gasteiger partial charge in [0.25, 0.3) is 0 Å². The molecule has 0 bridgehead atoms. The Morgan fingerprint density at radius 3 is 2.68 bits per heavy atom. The molecule has 0 saturated carbocycles. The average Bonchev–Trinajstić information content (AvgIpc) is 2.97. The maximum absolute atomic E-state index is 5.74. The highest BCUT2D eigenvalue weighted by Crippen LogP contribution is 2.28. The van der Waals surface area contributed by atoms with Gasteiger partial charge in [0.05, 0.1) is 6.61 Å². The minimum atomic E-state index is 0.406. The molecule has 0 radical (unpaired) electrons. The Bertz CT molecular complexity index is 513. The number of rotatable bonds is 9. The van der Waals surface area contributed by atoms with Crippen molar-refractivity contribution in [1.29, 1.82) is 0 Å². The van der Waals surface area contributed by atoms with E-state index in [2.05, 4.69) is 61.3 Å². The smallest absolute Gasteiger partial charge is 0.193 e. The van der Waals surface area contributed by atoms with Crippen molar-refractivity contribution in [1.82, 2.24) is 10.2 Å². The Balaban J connectivity index is 1.58. The predicted molar refractivity (Wildman–Crippen MR) is 106 cm³/mol. The summed E-state index contributed by atoms with van der Waals surface area (Å²) in [6.07, 6.45) is 4.39. The molecule has 2 rings (SSSR count). The number of aliphatic imine (C=N–C) groups is 1. The largest absolute Gasteiger partial charge is 0.381 e. The van der Waals surface area contributed by atoms with E-state index in [0.717, 1.165) is 64.6 Å². The number of hydrogen-bond donors (Lipinski definition) is 1. The van der Waals surface area contributed by atoms with Gasteiger partial charge in [0.2, 0.25) is 0 Å². The summed E-state index contributed by atoms with van der Waals surface area (Å²) in [5.74, 6) is 1.08. The van der Waals surface area contributed by atoms with Crippen LogP contribution in [-0.2, 0) is 11.2 Å². The van der Waals surface area contributed by atoms with Crippen LogP contribution in [0, 0.1) is 5.41 Å². The van der Waals surface area contributed by atoms with Gasteiger partial charge < -0.3 is 15.0 Å². The Hall–Kier alpha value is -1.55. The van der Waals surface area contributed by atoms with E-state index in [0.29, 0.717) is 5.41 Å². The minimum absolute atomic E-state index is 0.406. The molecular formula is C21H35N3O. The topological polar surface area (TPSA) is 36.9 Å². The van der Waals surface area contributed by atoms with Gasteiger partial charge in [-0.05, 0) is 43.6 Å². The lowest BCUT2D eigenvalue weighted by Crippen LogP contribution is -2.40. The van der Waals surface area contributed by atoms with Gasteiger partial charge in [0.1, 0.15) is 0 Å². The summed E-state index contributed by atoms with van der Waals surface area (Å²) >= 11 is 0. The first-order valence-electron chi connectivity index (χ1n) is 9.76. The van der Waals surface area contributed by atoms with Gasteiger partial charge in [-0.1, -0.05) is 44.2 Å². The molecule has 0 aromatic heterocycles. The quantitative estimate of drug-likeness (QED) is 0.421. The molecule has 0 unspecified atom stereocenters. The van der Waals surface area contributed by atoms with Crippen LogP contribution in [-0.4, -0.2) is 50.3 Å². The molecule has 140 valence electrons. The Labute approximate surface area is 153 Å². The van der Waals surface area contributed by atoms with E-state index < -0.39 is 0 Å². The number of ether oxygens (including phenoxy) is 1. The van der Waals surface area contributed by atoms with E-state index in [4.69, 9.17) is 9.73 Å². The fourth-order valence-corrected chi connectivity index (χ4v) is 3.16. The first kappa shape index (κ1) is 19.8. The second kappa shape index (κ2) is 10.4. The van der Waals surface area contributed by atoms with E-state index in [1.165, 1.54) is 12.0 Å². The minimum Gasteiger partial charge on any atom is -0.381 e. The van der Waals surface area contributed by atoms with Crippen molar-refractivity contribution in [3.8, 4) is 0 Å². The SMILES string of the molecule is CCNC(=NCCCCOCCc1ccccc1)N1CCC(C)(C)C1. The lowest BCUT2D eigenvalue weighted by Gasteiger charge is -2.23. The van der Waals surface area contributed by atoms with Gasteiger partial charge >= 0.3 is 0 Å². The molecule has 1 fully saturated rings. The molecule has 4 nitrogen and oxygen atoms in total. The van der Waals surface area contributed by atoms with Crippen molar-refractivity contribution < 1.29 is 4.74 Å². The monoisotopic (exact) mass is 345 g/mol. The number of nitrogens with one attached hydrogen (secondary N) is 1. The Kier molecular flexibility index (Phi) is 8.26. The second-order valence-corrected chi connectivity index (χ2v) is 7.63. The summed E-state index contributed by atoms with van der Waals surface area (Å²) in [6.45, 7) is 12.5. The molecule has 1 aromatic rings. The molecule has 1 heterocycles. The third-order valence-electron chi connectivity index (χ3n) is 4.65. The maximum Gasteiger partial charge on any atom is 0.193 e. The van der Waals surface area contributed by atoms with Crippen LogP contribution in [0.15, 0.2) is 35.3 Å². The van der Waals surface area contributed by atoms with E-state index in [-0.39, 0.29) is 0 Å². The molecule has 1 saturated heterocycles. The predicted octanol–water partition coefficient (Wildman–Crippen LogP) is 3.72. The van der Waals surface area contributed by atoms with Gasteiger partial charge in [-0.15, -0.1) is 0 Å². The fourth-order valence-electron chi connectivity index (χ4n) is 3.16. The highest BCUT2D eigenvalue weighted by atomic mass is 16.5. The van der Waals surface area contributed by atoms with E-state index >= 15 is 0 Å². The fraction of sp³-hybridized carbons (Fsp3) is 0.667. The van der Waals surface area contributed by atoms with Crippen LogP contribution in [0.2, 0.25) is 0 Å². The number of guanidine groups is 1. The van der Waals surface area contributed by atoms with Gasteiger partial charge in [-0.3, -0.25) is 4.99 Å². The summed E-state index contributed by atoms with van der Waals surface area (Å²) < 4.78 is 5.74. The van der Waals surface area contributed by atoms with Crippen LogP contribution in [0.5, 0.6) is 0 Å². The zero-order valence-electron chi connectivity index (χ0n) is 16.3. The van der Waals surface area contributed by atoms with Crippen LogP contribution in [0.3, 0.4) is 0 Å². The molecule has 0 spiro atoms. The van der Waals surface area contributed by atoms with Crippen molar-refractivity contribution in [2.75, 3.05) is 39.4 Å². The molecule has 1 N–H and O–H groups in total. The Morgan fingerprint density at radius 2 is 2.00 bits per heavy atom. The first-order valence-corrected chi connectivity index (χ1v) is 9.76. The summed E-state index contributed by atoms with van der Waals surface area (Å²) in [6, 6.07) is 10.5. The summed E-state index contributed by atoms with van der Waals surface area (Å²) in [5.41, 5.74) is 1.75. The van der Waals surface area contributed by atoms with Crippen molar-refractivity contribution >= 4 is 5.96 Å². The van der Waals surface area contributed by atoms with Crippen LogP contribution in [0.1, 0.15) is 45.6 Å². The van der Waals surface area contributed by atoms with Crippen LogP contribution >= 0.6 is 0 Å². The first-order chi connectivity index (χ1) is 12.1. The normalized spacial score (nSPS) is 17.1. The van der Waals surface area contributed by atoms with Crippen molar-refractivity contribution in [2.24, 2.45) is 10.4 Å². The highest BCUT2D eigenvalue weighted by molar-refractivity contribution is 5.80. The zero-order valence-corrected chi connectivity index (χ0v) is 16.3. The second-order valence-electron chi connectivity index (χ2n) is 7.63. The maximum atomic E-state index is 5.74. The van der Waals surface area contributed by atoms with E-state index in [1.54, 1.807) is 0 Å². The molecule has 0 amide bonds. The zero-order chi connectivity index (χ0) is 18.0. The third kappa shape index (κ3) is 7.47. The van der Waals surface area contributed by atoms with Crippen molar-refractivity contribution in [2.45, 2.75) is 46.5 Å². The number of hydrogen-bond acceptors (Lipinski definition) is 2. The van der Waals surface area contributed by atoms with Gasteiger partial charge in [-0.2, -0.15) is 0 Å². The number of benzene rings is 1. The number of unbranched alkanes of at least 4 members (excludes halogenated alkanes) is 1. The van der Waals surface area contributed by atoms with Crippen molar-refractivity contribution in [3.63, 3.8) is 0 Å². The molecule has 4 heteroatoms. The number of nitrogens with zero attached hydrogens (tertiary/aromatic N) is 2. The van der Waals surface area contributed by atoms with E-state index in [9.17, 15) is 0 Å². The molecule has 1 aliphatic rings. The van der Waals surface area contributed by atoms with Crippen LogP contribution in [0.4, 0.5) is 0 Å². The summed E-state index contributed by atoms with van der Waals surface area (Å²) in [4.78, 5) is 7.20. The van der Waals surface area contributed by atoms with Crippen LogP contribution in [0.25, 0.3) is 0 Å². The molecule has 0 aliphatic carbocycles. The summed E-state index contributed by atoms with van der Waals surface area (Å²) in [7, 11) is 0. The third-order valence-corrected chi connectivity index (χ3v) is 4.65. The molecular weight excluding hydrogens is 310 g/mol. The van der Waals surface area contributed by atoms with Crippen molar-refractivity contribution in [3.05, 3.63) is 35.9 Å². The molecule has 1 aromatic carbocycles. The van der Waals surface area contributed by atoms with E-state index in [1.807, 2.05) is 0 Å². The summed E-state index contributed by atoms with van der Waals surface area (Å²) in [5, 5.41) is 3.44. The molecule has 1 aliphatic heterocycles. The molecule has 25 heavy (non-hydrogen) atoms. The Morgan fingerprint density at radius 1 is 1.20 bits per heavy atom. The lowest BCUT2D eigenvalue weighted by molar-refractivity contribution is 0.134. The standard InChI is InChI=1S/C21H35N3O/c1-4-22-20(24-15-13-21(2,3)18-24)23-14-8-9-16-25-17-12-19-10-6-5-7-11-19/h5-7,10-11H,4,8-9,12-18H2,1-3H3,(H,22,23).